The van der Waals surface area contributed by atoms with Crippen molar-refractivity contribution in [3.8, 4) is 0 Å². The van der Waals surface area contributed by atoms with Gasteiger partial charge in [0.05, 0.1) is 5.52 Å². The van der Waals surface area contributed by atoms with E-state index in [1.165, 1.54) is 9.58 Å². The second-order valence-corrected chi connectivity index (χ2v) is 8.82. The van der Waals surface area contributed by atoms with Gasteiger partial charge in [-0.15, -0.1) is 0 Å². The lowest BCUT2D eigenvalue weighted by Crippen LogP contribution is -2.41. The van der Waals surface area contributed by atoms with Crippen molar-refractivity contribution in [2.75, 3.05) is 11.9 Å². The first-order chi connectivity index (χ1) is 16.7. The molecule has 11 heteroatoms. The monoisotopic (exact) mass is 496 g/mol. The van der Waals surface area contributed by atoms with Crippen molar-refractivity contribution >= 4 is 51.8 Å². The summed E-state index contributed by atoms with van der Waals surface area (Å²) in [5.74, 6) is -1.07. The molecule has 1 aliphatic carbocycles. The number of ketones is 1. The lowest BCUT2D eigenvalue weighted by atomic mass is 10.0. The van der Waals surface area contributed by atoms with E-state index in [-0.39, 0.29) is 48.1 Å². The van der Waals surface area contributed by atoms with Gasteiger partial charge in [0.15, 0.2) is 5.69 Å². The van der Waals surface area contributed by atoms with Crippen molar-refractivity contribution in [1.82, 2.24) is 19.7 Å². The number of fused-ring (bicyclic) bond motifs is 1. The van der Waals surface area contributed by atoms with E-state index in [0.717, 1.165) is 18.4 Å². The Morgan fingerprint density at radius 1 is 1.20 bits per heavy atom. The molecular formula is C24H25ClN6O4. The van der Waals surface area contributed by atoms with E-state index < -0.39 is 11.8 Å². The Balaban J connectivity index is 1.53. The highest BCUT2D eigenvalue weighted by Crippen LogP contribution is 2.28. The minimum atomic E-state index is -0.729. The van der Waals surface area contributed by atoms with Gasteiger partial charge in [-0.25, -0.2) is 4.98 Å². The minimum absolute atomic E-state index is 0.0290. The van der Waals surface area contributed by atoms with Crippen molar-refractivity contribution in [3.63, 3.8) is 0 Å². The van der Waals surface area contributed by atoms with E-state index in [2.05, 4.69) is 15.4 Å². The van der Waals surface area contributed by atoms with Crippen LogP contribution in [0.3, 0.4) is 0 Å². The first-order valence-corrected chi connectivity index (χ1v) is 11.7. The summed E-state index contributed by atoms with van der Waals surface area (Å²) in [7, 11) is 0. The van der Waals surface area contributed by atoms with Gasteiger partial charge in [0.25, 0.3) is 5.91 Å². The van der Waals surface area contributed by atoms with Gasteiger partial charge < -0.3 is 16.0 Å². The summed E-state index contributed by atoms with van der Waals surface area (Å²) < 4.78 is 1.41. The topological polar surface area (TPSA) is 140 Å². The maximum absolute atomic E-state index is 13.2. The second-order valence-electron chi connectivity index (χ2n) is 8.44. The van der Waals surface area contributed by atoms with Crippen LogP contribution in [0, 0.1) is 0 Å². The number of nitrogens with two attached hydrogens (primary N) is 1. The molecule has 35 heavy (non-hydrogen) atoms. The van der Waals surface area contributed by atoms with Crippen molar-refractivity contribution in [2.45, 2.75) is 45.2 Å². The van der Waals surface area contributed by atoms with E-state index in [1.807, 2.05) is 0 Å². The normalized spacial score (nSPS) is 13.0. The number of amides is 3. The van der Waals surface area contributed by atoms with Crippen LogP contribution in [-0.2, 0) is 27.3 Å². The number of benzene rings is 1. The molecule has 0 spiro atoms. The Morgan fingerprint density at radius 3 is 2.63 bits per heavy atom. The van der Waals surface area contributed by atoms with Crippen LogP contribution in [0.2, 0.25) is 5.15 Å². The standard InChI is InChI=1S/C24H25ClN6O4/c1-2-16(32)10-14-6-9-18-17(11-14)23(24(26)35)29-31(18)13-22(34)30(15-7-8-15)12-21(33)28-20-5-3-4-19(25)27-20/h3-6,9,11,15H,2,7-8,10,12-13H2,1H3,(H2,26,35)(H,27,28,33). The van der Waals surface area contributed by atoms with Crippen LogP contribution < -0.4 is 11.1 Å². The van der Waals surface area contributed by atoms with Gasteiger partial charge in [-0.3, -0.25) is 23.9 Å². The lowest BCUT2D eigenvalue weighted by molar-refractivity contribution is -0.135. The number of hydrogen-bond donors (Lipinski definition) is 2. The molecule has 2 heterocycles. The maximum Gasteiger partial charge on any atom is 0.269 e. The van der Waals surface area contributed by atoms with E-state index in [9.17, 15) is 19.2 Å². The zero-order valence-corrected chi connectivity index (χ0v) is 19.9. The smallest absolute Gasteiger partial charge is 0.269 e. The molecule has 4 rings (SSSR count). The number of Topliss-reactive ketones (excluding diaryl/α,β-unsaturated/α-hetero) is 1. The molecule has 182 valence electrons. The van der Waals surface area contributed by atoms with E-state index in [1.54, 1.807) is 43.3 Å². The third kappa shape index (κ3) is 5.83. The molecule has 1 aromatic carbocycles. The summed E-state index contributed by atoms with van der Waals surface area (Å²) in [5.41, 5.74) is 6.84. The molecule has 2 aromatic heterocycles. The fourth-order valence-corrected chi connectivity index (χ4v) is 4.00. The van der Waals surface area contributed by atoms with Crippen LogP contribution in [-0.4, -0.2) is 55.8 Å². The number of carbonyl (C=O) groups excluding carboxylic acids is 4. The molecular weight excluding hydrogens is 472 g/mol. The Bertz CT molecular complexity index is 1320. The average Bonchev–Trinajstić information content (AvgIpc) is 3.59. The Morgan fingerprint density at radius 2 is 1.97 bits per heavy atom. The molecule has 0 bridgehead atoms. The number of rotatable bonds is 10. The van der Waals surface area contributed by atoms with E-state index in [0.29, 0.717) is 23.1 Å². The van der Waals surface area contributed by atoms with Gasteiger partial charge in [-0.05, 0) is 42.7 Å². The van der Waals surface area contributed by atoms with Crippen molar-refractivity contribution < 1.29 is 19.2 Å². The molecule has 0 radical (unpaired) electrons. The number of primary amides is 1. The fourth-order valence-electron chi connectivity index (χ4n) is 3.83. The summed E-state index contributed by atoms with van der Waals surface area (Å²) in [6.07, 6.45) is 2.25. The number of pyridine rings is 1. The van der Waals surface area contributed by atoms with Crippen molar-refractivity contribution in [2.24, 2.45) is 5.73 Å². The minimum Gasteiger partial charge on any atom is -0.364 e. The average molecular weight is 497 g/mol. The van der Waals surface area contributed by atoms with Crippen LogP contribution in [0.1, 0.15) is 42.2 Å². The third-order valence-corrected chi connectivity index (χ3v) is 5.94. The molecule has 3 N–H and O–H groups in total. The summed E-state index contributed by atoms with van der Waals surface area (Å²) in [6, 6.07) is 10.0. The van der Waals surface area contributed by atoms with E-state index >= 15 is 0 Å². The Hall–Kier alpha value is -3.79. The SMILES string of the molecule is CCC(=O)Cc1ccc2c(c1)c(C(N)=O)nn2CC(=O)N(CC(=O)Nc1cccc(Cl)n1)C1CC1. The van der Waals surface area contributed by atoms with Gasteiger partial charge in [0, 0.05) is 24.3 Å². The lowest BCUT2D eigenvalue weighted by Gasteiger charge is -2.22. The maximum atomic E-state index is 13.2. The molecule has 1 saturated carbocycles. The first-order valence-electron chi connectivity index (χ1n) is 11.3. The summed E-state index contributed by atoms with van der Waals surface area (Å²) in [6.45, 7) is 1.47. The predicted octanol–water partition coefficient (Wildman–Crippen LogP) is 2.33. The number of hydrogen-bond acceptors (Lipinski definition) is 6. The number of nitrogens with one attached hydrogen (secondary N) is 1. The molecule has 3 aromatic rings. The molecule has 10 nitrogen and oxygen atoms in total. The van der Waals surface area contributed by atoms with Gasteiger partial charge >= 0.3 is 0 Å². The third-order valence-electron chi connectivity index (χ3n) is 5.73. The fraction of sp³-hybridized carbons (Fsp3) is 0.333. The summed E-state index contributed by atoms with van der Waals surface area (Å²) >= 11 is 5.86. The number of halogens is 1. The van der Waals surface area contributed by atoms with Crippen LogP contribution in [0.15, 0.2) is 36.4 Å². The number of carbonyl (C=O) groups is 4. The highest BCUT2D eigenvalue weighted by Gasteiger charge is 2.34. The molecule has 0 unspecified atom stereocenters. The number of nitrogens with zero attached hydrogens (tertiary/aromatic N) is 4. The molecule has 0 atom stereocenters. The largest absolute Gasteiger partial charge is 0.364 e. The molecule has 1 aliphatic rings. The van der Waals surface area contributed by atoms with Crippen LogP contribution in [0.4, 0.5) is 5.82 Å². The van der Waals surface area contributed by atoms with Gasteiger partial charge in [0.2, 0.25) is 11.8 Å². The van der Waals surface area contributed by atoms with Gasteiger partial charge in [0.1, 0.15) is 29.8 Å². The second kappa shape index (κ2) is 10.2. The Kier molecular flexibility index (Phi) is 7.11. The highest BCUT2D eigenvalue weighted by molar-refractivity contribution is 6.29. The zero-order chi connectivity index (χ0) is 25.1. The summed E-state index contributed by atoms with van der Waals surface area (Å²) in [5, 5.41) is 7.65. The zero-order valence-electron chi connectivity index (χ0n) is 19.2. The first kappa shape index (κ1) is 24.3. The van der Waals surface area contributed by atoms with Crippen molar-refractivity contribution in [3.05, 3.63) is 52.8 Å². The molecule has 3 amide bonds. The van der Waals surface area contributed by atoms with Crippen LogP contribution in [0.5, 0.6) is 0 Å². The van der Waals surface area contributed by atoms with Crippen molar-refractivity contribution in [1.29, 1.82) is 0 Å². The number of aromatic nitrogens is 3. The van der Waals surface area contributed by atoms with Crippen LogP contribution in [0.25, 0.3) is 10.9 Å². The molecule has 0 saturated heterocycles. The van der Waals surface area contributed by atoms with Gasteiger partial charge in [-0.1, -0.05) is 30.7 Å². The molecule has 1 fully saturated rings. The van der Waals surface area contributed by atoms with E-state index in [4.69, 9.17) is 17.3 Å². The predicted molar refractivity (Wildman–Crippen MR) is 130 cm³/mol. The highest BCUT2D eigenvalue weighted by atomic mass is 35.5. The Labute approximate surface area is 206 Å². The molecule has 0 aliphatic heterocycles. The summed E-state index contributed by atoms with van der Waals surface area (Å²) in [4.78, 5) is 55.2. The quantitative estimate of drug-likeness (QED) is 0.413. The van der Waals surface area contributed by atoms with Crippen LogP contribution >= 0.6 is 11.6 Å². The van der Waals surface area contributed by atoms with Gasteiger partial charge in [-0.2, -0.15) is 5.10 Å². The number of anilines is 1.